The summed E-state index contributed by atoms with van der Waals surface area (Å²) in [7, 11) is -2.50. The van der Waals surface area contributed by atoms with Gasteiger partial charge < -0.3 is 4.74 Å². The van der Waals surface area contributed by atoms with Gasteiger partial charge in [-0.1, -0.05) is 34.8 Å². The van der Waals surface area contributed by atoms with Gasteiger partial charge in [-0.25, -0.2) is 13.4 Å². The molecule has 2 aromatic carbocycles. The van der Waals surface area contributed by atoms with E-state index in [0.717, 1.165) is 0 Å². The van der Waals surface area contributed by atoms with Crippen molar-refractivity contribution < 1.29 is 13.2 Å². The first-order chi connectivity index (χ1) is 12.3. The average Bonchev–Trinajstić information content (AvgIpc) is 2.94. The minimum atomic E-state index is -3.89. The van der Waals surface area contributed by atoms with Crippen molar-refractivity contribution in [1.29, 1.82) is 0 Å². The fourth-order valence-corrected chi connectivity index (χ4v) is 4.07. The van der Waals surface area contributed by atoms with Gasteiger partial charge in [0.05, 0.1) is 7.11 Å². The Balaban J connectivity index is 1.89. The Morgan fingerprint density at radius 1 is 1.08 bits per heavy atom. The van der Waals surface area contributed by atoms with Crippen LogP contribution < -0.4 is 9.46 Å². The van der Waals surface area contributed by atoms with Crippen molar-refractivity contribution in [3.63, 3.8) is 0 Å². The van der Waals surface area contributed by atoms with Gasteiger partial charge in [0.15, 0.2) is 10.3 Å². The first-order valence-electron chi connectivity index (χ1n) is 7.17. The molecule has 3 rings (SSSR count). The number of aromatic nitrogens is 2. The number of benzene rings is 2. The molecule has 10 heteroatoms. The summed E-state index contributed by atoms with van der Waals surface area (Å²) in [5.41, 5.74) is 1.04. The molecule has 0 amide bonds. The minimum Gasteiger partial charge on any atom is -0.495 e. The molecule has 0 fully saturated rings. The zero-order chi connectivity index (χ0) is 18.9. The van der Waals surface area contributed by atoms with Gasteiger partial charge >= 0.3 is 0 Å². The van der Waals surface area contributed by atoms with Crippen molar-refractivity contribution in [2.75, 3.05) is 11.8 Å². The number of rotatable bonds is 5. The fraction of sp³-hybridized carbons (Fsp3) is 0.0625. The monoisotopic (exact) mass is 431 g/mol. The maximum atomic E-state index is 12.6. The number of nitrogens with one attached hydrogen (secondary N) is 1. The maximum Gasteiger partial charge on any atom is 0.265 e. The van der Waals surface area contributed by atoms with Crippen molar-refractivity contribution >= 4 is 50.5 Å². The van der Waals surface area contributed by atoms with Gasteiger partial charge in [0.1, 0.15) is 17.0 Å². The lowest BCUT2D eigenvalue weighted by Gasteiger charge is -2.12. The molecule has 0 spiro atoms. The topological polar surface area (TPSA) is 73.2 Å². The smallest absolute Gasteiger partial charge is 0.265 e. The number of ether oxygens (including phenoxy) is 1. The molecule has 26 heavy (non-hydrogen) atoms. The number of sulfonamides is 1. The van der Waals surface area contributed by atoms with Crippen molar-refractivity contribution in [2.45, 2.75) is 4.90 Å². The van der Waals surface area contributed by atoms with E-state index in [1.165, 1.54) is 25.6 Å². The van der Waals surface area contributed by atoms with E-state index >= 15 is 0 Å². The van der Waals surface area contributed by atoms with E-state index in [9.17, 15) is 8.42 Å². The van der Waals surface area contributed by atoms with E-state index in [1.807, 2.05) is 0 Å². The van der Waals surface area contributed by atoms with E-state index in [0.29, 0.717) is 11.4 Å². The van der Waals surface area contributed by atoms with Gasteiger partial charge in [-0.15, -0.1) is 0 Å². The van der Waals surface area contributed by atoms with E-state index in [4.69, 9.17) is 39.5 Å². The number of methoxy groups -OCH3 is 1. The lowest BCUT2D eigenvalue weighted by atomic mass is 10.3. The molecule has 6 nitrogen and oxygen atoms in total. The van der Waals surface area contributed by atoms with E-state index < -0.39 is 10.0 Å². The summed E-state index contributed by atoms with van der Waals surface area (Å²) in [6.07, 6.45) is 1.47. The molecule has 0 aliphatic carbocycles. The Bertz CT molecular complexity index is 1050. The van der Waals surface area contributed by atoms with Crippen LogP contribution in [0.25, 0.3) is 5.69 Å². The van der Waals surface area contributed by atoms with Gasteiger partial charge in [0.2, 0.25) is 0 Å². The second-order valence-corrected chi connectivity index (χ2v) is 7.95. The molecule has 3 aromatic rings. The van der Waals surface area contributed by atoms with Crippen LogP contribution in [-0.4, -0.2) is 25.1 Å². The lowest BCUT2D eigenvalue weighted by Crippen LogP contribution is -2.14. The third-order valence-corrected chi connectivity index (χ3v) is 5.85. The number of halogens is 3. The molecule has 136 valence electrons. The van der Waals surface area contributed by atoms with E-state index in [1.54, 1.807) is 34.9 Å². The molecule has 0 atom stereocenters. The van der Waals surface area contributed by atoms with Crippen LogP contribution in [0.15, 0.2) is 53.7 Å². The summed E-state index contributed by atoms with van der Waals surface area (Å²) in [6.45, 7) is 0. The Labute approximate surface area is 165 Å². The zero-order valence-corrected chi connectivity index (χ0v) is 16.4. The molecule has 0 saturated heterocycles. The summed E-state index contributed by atoms with van der Waals surface area (Å²) in [4.78, 5) is 3.85. The molecular formula is C16H12Cl3N3O3S. The molecule has 0 aliphatic heterocycles. The van der Waals surface area contributed by atoms with Crippen LogP contribution >= 0.6 is 34.8 Å². The molecular weight excluding hydrogens is 421 g/mol. The van der Waals surface area contributed by atoms with Gasteiger partial charge in [-0.3, -0.25) is 9.29 Å². The third-order valence-electron chi connectivity index (χ3n) is 3.48. The van der Waals surface area contributed by atoms with Crippen LogP contribution in [0.3, 0.4) is 0 Å². The summed E-state index contributed by atoms with van der Waals surface area (Å²) < 4.78 is 34.4. The van der Waals surface area contributed by atoms with Crippen molar-refractivity contribution in [2.24, 2.45) is 0 Å². The molecule has 0 bridgehead atoms. The van der Waals surface area contributed by atoms with Gasteiger partial charge in [0.25, 0.3) is 10.0 Å². The molecule has 0 aliphatic rings. The number of hydrogen-bond acceptors (Lipinski definition) is 4. The molecule has 0 unspecified atom stereocenters. The highest BCUT2D eigenvalue weighted by Crippen LogP contribution is 2.29. The normalized spacial score (nSPS) is 11.4. The van der Waals surface area contributed by atoms with Gasteiger partial charge in [-0.2, -0.15) is 0 Å². The second-order valence-electron chi connectivity index (χ2n) is 5.14. The summed E-state index contributed by atoms with van der Waals surface area (Å²) in [6, 6.07) is 10.9. The van der Waals surface area contributed by atoms with Gasteiger partial charge in [0, 0.05) is 16.4 Å². The van der Waals surface area contributed by atoms with Crippen LogP contribution in [0, 0.1) is 0 Å². The number of anilines is 1. The Hall–Kier alpha value is -1.93. The van der Waals surface area contributed by atoms with E-state index in [-0.39, 0.29) is 26.0 Å². The first kappa shape index (κ1) is 18.8. The number of imidazole rings is 1. The largest absolute Gasteiger partial charge is 0.495 e. The Morgan fingerprint density at radius 2 is 1.77 bits per heavy atom. The molecule has 0 saturated carbocycles. The zero-order valence-electron chi connectivity index (χ0n) is 13.3. The molecule has 1 aromatic heterocycles. The quantitative estimate of drug-likeness (QED) is 0.637. The minimum absolute atomic E-state index is 0.0546. The van der Waals surface area contributed by atoms with Crippen molar-refractivity contribution in [3.8, 4) is 11.4 Å². The Morgan fingerprint density at radius 3 is 2.35 bits per heavy atom. The summed E-state index contributed by atoms with van der Waals surface area (Å²) in [5, 5.41) is 0.737. The second kappa shape index (κ2) is 7.36. The third kappa shape index (κ3) is 3.76. The summed E-state index contributed by atoms with van der Waals surface area (Å²) in [5.74, 6) is 0.193. The molecule has 1 heterocycles. The predicted octanol–water partition coefficient (Wildman–Crippen LogP) is 4.64. The Kier molecular flexibility index (Phi) is 5.34. The summed E-state index contributed by atoms with van der Waals surface area (Å²) >= 11 is 17.8. The van der Waals surface area contributed by atoms with Crippen LogP contribution in [0.5, 0.6) is 5.75 Å². The van der Waals surface area contributed by atoms with E-state index in [2.05, 4.69) is 9.71 Å². The van der Waals surface area contributed by atoms with Crippen molar-refractivity contribution in [3.05, 3.63) is 64.1 Å². The first-order valence-corrected chi connectivity index (χ1v) is 9.78. The van der Waals surface area contributed by atoms with Crippen LogP contribution in [0.1, 0.15) is 0 Å². The number of nitrogens with zero attached hydrogens (tertiary/aromatic N) is 2. The highest BCUT2D eigenvalue weighted by Gasteiger charge is 2.20. The van der Waals surface area contributed by atoms with Gasteiger partial charge in [-0.05, 0) is 42.5 Å². The predicted molar refractivity (Wildman–Crippen MR) is 102 cm³/mol. The van der Waals surface area contributed by atoms with Crippen LogP contribution in [-0.2, 0) is 10.0 Å². The maximum absolute atomic E-state index is 12.6. The SMILES string of the molecule is COc1ccc(Cl)cc1S(=O)(=O)Nc1ccc(-n2cnc(Cl)c2Cl)cc1. The lowest BCUT2D eigenvalue weighted by molar-refractivity contribution is 0.403. The van der Waals surface area contributed by atoms with Crippen LogP contribution in [0.4, 0.5) is 5.69 Å². The standard InChI is InChI=1S/C16H12Cl3N3O3S/c1-25-13-7-2-10(17)8-14(13)26(23,24)21-11-3-5-12(6-4-11)22-9-20-15(18)16(22)19/h2-9,21H,1H3. The van der Waals surface area contributed by atoms with Crippen LogP contribution in [0.2, 0.25) is 15.3 Å². The number of hydrogen-bond donors (Lipinski definition) is 1. The highest BCUT2D eigenvalue weighted by molar-refractivity contribution is 7.92. The molecule has 0 radical (unpaired) electrons. The molecule has 1 N–H and O–H groups in total. The average molecular weight is 433 g/mol. The van der Waals surface area contributed by atoms with Crippen molar-refractivity contribution in [1.82, 2.24) is 9.55 Å². The fourth-order valence-electron chi connectivity index (χ4n) is 2.25. The highest BCUT2D eigenvalue weighted by atomic mass is 35.5.